The maximum atomic E-state index is 12.6. The van der Waals surface area contributed by atoms with Crippen LogP contribution in [0.5, 0.6) is 0 Å². The second-order valence-electron chi connectivity index (χ2n) is 3.59. The third-order valence-electron chi connectivity index (χ3n) is 2.25. The van der Waals surface area contributed by atoms with E-state index in [4.69, 9.17) is 0 Å². The Labute approximate surface area is 125 Å². The van der Waals surface area contributed by atoms with Gasteiger partial charge < -0.3 is 4.90 Å². The van der Waals surface area contributed by atoms with E-state index in [9.17, 15) is 18.0 Å². The largest absolute Gasteiger partial charge is 0.416 e. The number of hydrogen-bond donors (Lipinski definition) is 0. The topological polar surface area (TPSA) is 20.3 Å². The summed E-state index contributed by atoms with van der Waals surface area (Å²) in [4.78, 5) is 13.1. The molecule has 0 N–H and O–H groups in total. The lowest BCUT2D eigenvalue weighted by Crippen LogP contribution is -2.34. The molecule has 0 unspecified atom stereocenters. The minimum absolute atomic E-state index is 0.119. The van der Waals surface area contributed by atoms with Crippen molar-refractivity contribution in [2.24, 2.45) is 0 Å². The lowest BCUT2D eigenvalue weighted by atomic mass is 10.2. The molecule has 0 saturated heterocycles. The highest BCUT2D eigenvalue weighted by molar-refractivity contribution is 9.25. The number of alkyl halides is 5. The highest BCUT2D eigenvalue weighted by atomic mass is 79.9. The second kappa shape index (κ2) is 6.56. The molecule has 7 heteroatoms. The minimum Gasteiger partial charge on any atom is -0.307 e. The average Bonchev–Trinajstić information content (AvgIpc) is 2.34. The fraction of sp³-hybridized carbons (Fsp3) is 0.250. The van der Waals surface area contributed by atoms with Crippen molar-refractivity contribution in [3.63, 3.8) is 0 Å². The summed E-state index contributed by atoms with van der Waals surface area (Å²) in [7, 11) is 0. The fourth-order valence-corrected chi connectivity index (χ4v) is 1.91. The summed E-state index contributed by atoms with van der Waals surface area (Å²) in [5, 5.41) is 0. The summed E-state index contributed by atoms with van der Waals surface area (Å²) < 4.78 is 37.2. The predicted molar refractivity (Wildman–Crippen MR) is 75.6 cm³/mol. The Kier molecular flexibility index (Phi) is 5.61. The highest BCUT2D eigenvalue weighted by Gasteiger charge is 2.31. The fourth-order valence-electron chi connectivity index (χ4n) is 1.42. The van der Waals surface area contributed by atoms with Crippen molar-refractivity contribution in [1.29, 1.82) is 0 Å². The van der Waals surface area contributed by atoms with E-state index in [-0.39, 0.29) is 12.2 Å². The van der Waals surface area contributed by atoms with E-state index in [1.807, 2.05) is 0 Å². The zero-order valence-electron chi connectivity index (χ0n) is 9.62. The first-order valence-electron chi connectivity index (χ1n) is 5.15. The first-order valence-corrected chi connectivity index (χ1v) is 6.98. The highest BCUT2D eigenvalue weighted by Crippen LogP contribution is 2.32. The number of benzene rings is 1. The van der Waals surface area contributed by atoms with E-state index in [0.29, 0.717) is 0 Å². The monoisotopic (exact) mass is 399 g/mol. The van der Waals surface area contributed by atoms with Gasteiger partial charge in [-0.15, -0.1) is 6.58 Å². The Hall–Kier alpha value is -0.820. The number of carbonyl (C=O) groups excluding carboxylic acids is 1. The van der Waals surface area contributed by atoms with Crippen molar-refractivity contribution in [2.45, 2.75) is 9.91 Å². The van der Waals surface area contributed by atoms with Gasteiger partial charge in [-0.1, -0.05) is 44.0 Å². The Balaban J connectivity index is 3.17. The summed E-state index contributed by atoms with van der Waals surface area (Å²) in [6, 6.07) is 4.60. The lowest BCUT2D eigenvalue weighted by Gasteiger charge is -2.23. The van der Waals surface area contributed by atoms with Crippen LogP contribution in [0.15, 0.2) is 36.9 Å². The molecule has 0 aliphatic heterocycles. The van der Waals surface area contributed by atoms with Gasteiger partial charge in [-0.2, -0.15) is 13.2 Å². The molecule has 0 spiro atoms. The van der Waals surface area contributed by atoms with Gasteiger partial charge in [0.15, 0.2) is 0 Å². The standard InChI is InChI=1S/C12H10Br2F3NO/c1-2-6-18(11(19)10(13)14)9-5-3-4-8(7-9)12(15,16)17/h2-5,7,10H,1,6H2. The summed E-state index contributed by atoms with van der Waals surface area (Å²) in [5.74, 6) is -0.403. The molecule has 0 saturated carbocycles. The van der Waals surface area contributed by atoms with Crippen LogP contribution < -0.4 is 4.90 Å². The molecule has 19 heavy (non-hydrogen) atoms. The van der Waals surface area contributed by atoms with Gasteiger partial charge in [-0.25, -0.2) is 0 Å². The maximum Gasteiger partial charge on any atom is 0.416 e. The van der Waals surface area contributed by atoms with Crippen molar-refractivity contribution in [2.75, 3.05) is 11.4 Å². The van der Waals surface area contributed by atoms with Crippen LogP contribution in [0.2, 0.25) is 0 Å². The number of carbonyl (C=O) groups is 1. The summed E-state index contributed by atoms with van der Waals surface area (Å²) in [5.41, 5.74) is -0.629. The smallest absolute Gasteiger partial charge is 0.307 e. The molecule has 1 rings (SSSR count). The van der Waals surface area contributed by atoms with Gasteiger partial charge >= 0.3 is 6.18 Å². The van der Waals surface area contributed by atoms with Crippen LogP contribution >= 0.6 is 31.9 Å². The number of halogens is 5. The van der Waals surface area contributed by atoms with E-state index in [0.717, 1.165) is 12.1 Å². The molecule has 1 amide bonds. The number of rotatable bonds is 4. The summed E-state index contributed by atoms with van der Waals surface area (Å²) in [6.07, 6.45) is -3.00. The van der Waals surface area contributed by atoms with Crippen molar-refractivity contribution in [3.05, 3.63) is 42.5 Å². The molecule has 1 aromatic carbocycles. The lowest BCUT2D eigenvalue weighted by molar-refractivity contribution is -0.137. The Morgan fingerprint density at radius 2 is 2.05 bits per heavy atom. The molecule has 0 bridgehead atoms. The van der Waals surface area contributed by atoms with Gasteiger partial charge in [-0.3, -0.25) is 4.79 Å². The normalized spacial score (nSPS) is 11.5. The molecule has 0 aromatic heterocycles. The van der Waals surface area contributed by atoms with Gasteiger partial charge in [0.1, 0.15) is 3.74 Å². The van der Waals surface area contributed by atoms with E-state index >= 15 is 0 Å². The Morgan fingerprint density at radius 1 is 1.42 bits per heavy atom. The van der Waals surface area contributed by atoms with Gasteiger partial charge in [0.25, 0.3) is 5.91 Å². The molecular formula is C12H10Br2F3NO. The van der Waals surface area contributed by atoms with Crippen LogP contribution in [0.1, 0.15) is 5.56 Å². The Morgan fingerprint density at radius 3 is 2.53 bits per heavy atom. The molecule has 1 aromatic rings. The van der Waals surface area contributed by atoms with Crippen LogP contribution in [0.3, 0.4) is 0 Å². The molecule has 0 heterocycles. The van der Waals surface area contributed by atoms with E-state index in [2.05, 4.69) is 38.4 Å². The van der Waals surface area contributed by atoms with Gasteiger partial charge in [-0.05, 0) is 18.2 Å². The van der Waals surface area contributed by atoms with Gasteiger partial charge in [0.05, 0.1) is 5.56 Å². The third-order valence-corrected chi connectivity index (χ3v) is 3.03. The average molecular weight is 401 g/mol. The van der Waals surface area contributed by atoms with Crippen LogP contribution in [-0.2, 0) is 11.0 Å². The van der Waals surface area contributed by atoms with Gasteiger partial charge in [0.2, 0.25) is 0 Å². The SMILES string of the molecule is C=CCN(C(=O)C(Br)Br)c1cccc(C(F)(F)F)c1. The van der Waals surface area contributed by atoms with E-state index in [1.165, 1.54) is 23.1 Å². The zero-order valence-corrected chi connectivity index (χ0v) is 12.8. The van der Waals surface area contributed by atoms with Crippen molar-refractivity contribution < 1.29 is 18.0 Å². The number of amides is 1. The van der Waals surface area contributed by atoms with Crippen molar-refractivity contribution in [3.8, 4) is 0 Å². The second-order valence-corrected chi connectivity index (χ2v) is 6.65. The molecule has 0 aliphatic carbocycles. The first kappa shape index (κ1) is 16.2. The molecular weight excluding hydrogens is 391 g/mol. The molecule has 0 fully saturated rings. The zero-order chi connectivity index (χ0) is 14.6. The summed E-state index contributed by atoms with van der Waals surface area (Å²) in [6.45, 7) is 3.61. The van der Waals surface area contributed by atoms with Crippen LogP contribution in [0.4, 0.5) is 18.9 Å². The van der Waals surface area contributed by atoms with E-state index < -0.39 is 21.4 Å². The van der Waals surface area contributed by atoms with Crippen LogP contribution in [-0.4, -0.2) is 16.2 Å². The van der Waals surface area contributed by atoms with E-state index in [1.54, 1.807) is 0 Å². The number of nitrogens with zero attached hydrogens (tertiary/aromatic N) is 1. The van der Waals surface area contributed by atoms with Gasteiger partial charge in [0, 0.05) is 12.2 Å². The van der Waals surface area contributed by atoms with Crippen LogP contribution in [0, 0.1) is 0 Å². The quantitative estimate of drug-likeness (QED) is 0.543. The maximum absolute atomic E-state index is 12.6. The number of hydrogen-bond acceptors (Lipinski definition) is 1. The third kappa shape index (κ3) is 4.35. The molecule has 0 radical (unpaired) electrons. The Bertz CT molecular complexity index is 474. The minimum atomic E-state index is -4.44. The van der Waals surface area contributed by atoms with Crippen LogP contribution in [0.25, 0.3) is 0 Å². The predicted octanol–water partition coefficient (Wildman–Crippen LogP) is 4.34. The molecule has 0 atom stereocenters. The van der Waals surface area contributed by atoms with Crippen molar-refractivity contribution in [1.82, 2.24) is 0 Å². The molecule has 2 nitrogen and oxygen atoms in total. The first-order chi connectivity index (χ1) is 8.77. The number of anilines is 1. The molecule has 0 aliphatic rings. The summed E-state index contributed by atoms with van der Waals surface area (Å²) >= 11 is 6.07. The van der Waals surface area contributed by atoms with Crippen molar-refractivity contribution >= 4 is 43.5 Å². The molecule has 104 valence electrons.